The largest absolute Gasteiger partial charge is 0.494 e. The van der Waals surface area contributed by atoms with Crippen molar-refractivity contribution in [2.75, 3.05) is 12.4 Å². The van der Waals surface area contributed by atoms with E-state index in [1.54, 1.807) is 29.1 Å². The van der Waals surface area contributed by atoms with Crippen LogP contribution in [0.15, 0.2) is 42.7 Å². The van der Waals surface area contributed by atoms with Crippen LogP contribution in [-0.4, -0.2) is 41.6 Å². The Kier molecular flexibility index (Phi) is 5.65. The minimum Gasteiger partial charge on any atom is -0.494 e. The fraction of sp³-hybridized carbons (Fsp3) is 0.200. The molecular weight excluding hydrogens is 496 g/mol. The Labute approximate surface area is 214 Å². The maximum Gasteiger partial charge on any atom is 0.267 e. The number of imidazole rings is 1. The van der Waals surface area contributed by atoms with Crippen LogP contribution >= 0.6 is 0 Å². The molecule has 0 radical (unpaired) electrons. The van der Waals surface area contributed by atoms with Crippen molar-refractivity contribution in [2.45, 2.75) is 26.6 Å². The molecule has 1 aliphatic rings. The molecule has 38 heavy (non-hydrogen) atoms. The molecule has 0 atom stereocenters. The first kappa shape index (κ1) is 23.4. The normalized spacial score (nSPS) is 12.6. The molecule has 6 rings (SSSR count). The molecule has 0 fully saturated rings. The van der Waals surface area contributed by atoms with Crippen LogP contribution in [-0.2, 0) is 18.0 Å². The first-order valence-electron chi connectivity index (χ1n) is 11.5. The Morgan fingerprint density at radius 2 is 2.03 bits per heavy atom. The minimum absolute atomic E-state index is 0.0780. The van der Waals surface area contributed by atoms with E-state index < -0.39 is 6.43 Å². The summed E-state index contributed by atoms with van der Waals surface area (Å²) in [5, 5.41) is 25.1. The molecule has 4 aromatic heterocycles. The number of nitrogens with zero attached hydrogens (tertiary/aromatic N) is 8. The molecule has 190 valence electrons. The van der Waals surface area contributed by atoms with Crippen LogP contribution in [0, 0.1) is 18.3 Å². The Bertz CT molecular complexity index is 1720. The van der Waals surface area contributed by atoms with E-state index >= 15 is 0 Å². The Morgan fingerprint density at radius 1 is 1.16 bits per heavy atom. The van der Waals surface area contributed by atoms with Crippen LogP contribution < -0.4 is 10.1 Å². The van der Waals surface area contributed by atoms with Crippen LogP contribution in [0.5, 0.6) is 5.75 Å². The van der Waals surface area contributed by atoms with Gasteiger partial charge in [0.25, 0.3) is 6.43 Å². The number of rotatable bonds is 6. The van der Waals surface area contributed by atoms with Gasteiger partial charge in [-0.1, -0.05) is 0 Å². The highest BCUT2D eigenvalue weighted by Crippen LogP contribution is 2.34. The van der Waals surface area contributed by atoms with Crippen LogP contribution in [0.25, 0.3) is 22.7 Å². The van der Waals surface area contributed by atoms with Crippen molar-refractivity contribution in [1.82, 2.24) is 34.5 Å². The van der Waals surface area contributed by atoms with Gasteiger partial charge in [-0.3, -0.25) is 4.57 Å². The lowest BCUT2D eigenvalue weighted by Gasteiger charge is -2.14. The average Bonchev–Trinajstić information content (AvgIpc) is 3.64. The summed E-state index contributed by atoms with van der Waals surface area (Å²) in [5.41, 5.74) is 3.58. The topological polar surface area (TPSA) is 129 Å². The standard InChI is InChI=1S/C25H19F2N9O2/c1-13-3-5-22(33-32-13)30-17-7-16-19(8-21(17)37-2)35(12-29-16)23-6-4-14(24(26)27)25(31-23)36-20-11-38-10-15(20)18(9-28)34-36/h3-8,12,24H,10-11H2,1-2H3,(H,30,33). The summed E-state index contributed by atoms with van der Waals surface area (Å²) in [7, 11) is 1.54. The van der Waals surface area contributed by atoms with Crippen molar-refractivity contribution in [3.8, 4) is 23.5 Å². The number of anilines is 2. The van der Waals surface area contributed by atoms with Gasteiger partial charge < -0.3 is 14.8 Å². The second-order valence-corrected chi connectivity index (χ2v) is 8.51. The van der Waals surface area contributed by atoms with Crippen molar-refractivity contribution in [3.63, 3.8) is 0 Å². The molecule has 0 saturated heterocycles. The zero-order valence-corrected chi connectivity index (χ0v) is 20.2. The molecule has 1 N–H and O–H groups in total. The maximum atomic E-state index is 14.0. The molecule has 5 aromatic rings. The number of nitrogens with one attached hydrogen (secondary N) is 1. The van der Waals surface area contributed by atoms with Gasteiger partial charge >= 0.3 is 0 Å². The number of halogens is 2. The Balaban J connectivity index is 1.45. The van der Waals surface area contributed by atoms with Gasteiger partial charge in [-0.05, 0) is 37.3 Å². The van der Waals surface area contributed by atoms with E-state index in [1.165, 1.54) is 23.9 Å². The van der Waals surface area contributed by atoms with E-state index in [-0.39, 0.29) is 30.3 Å². The molecule has 5 heterocycles. The number of pyridine rings is 1. The Morgan fingerprint density at radius 3 is 2.76 bits per heavy atom. The van der Waals surface area contributed by atoms with Gasteiger partial charge in [-0.25, -0.2) is 23.4 Å². The first-order chi connectivity index (χ1) is 18.5. The molecule has 1 aliphatic heterocycles. The number of hydrogen-bond acceptors (Lipinski definition) is 9. The van der Waals surface area contributed by atoms with E-state index in [9.17, 15) is 14.0 Å². The maximum absolute atomic E-state index is 14.0. The van der Waals surface area contributed by atoms with Gasteiger partial charge in [0.15, 0.2) is 17.3 Å². The summed E-state index contributed by atoms with van der Waals surface area (Å²) in [6.45, 7) is 2.18. The molecule has 13 heteroatoms. The number of nitriles is 1. The number of alkyl halides is 2. The lowest BCUT2D eigenvalue weighted by atomic mass is 10.2. The number of hydrogen-bond donors (Lipinski definition) is 1. The average molecular weight is 515 g/mol. The number of aromatic nitrogens is 7. The second-order valence-electron chi connectivity index (χ2n) is 8.51. The van der Waals surface area contributed by atoms with Crippen molar-refractivity contribution < 1.29 is 18.3 Å². The van der Waals surface area contributed by atoms with E-state index in [0.717, 1.165) is 5.69 Å². The zero-order chi connectivity index (χ0) is 26.4. The predicted molar refractivity (Wildman–Crippen MR) is 131 cm³/mol. The number of aryl methyl sites for hydroxylation is 1. The fourth-order valence-corrected chi connectivity index (χ4v) is 4.31. The number of ether oxygens (including phenoxy) is 2. The van der Waals surface area contributed by atoms with Gasteiger partial charge in [-0.2, -0.15) is 15.5 Å². The molecular formula is C25H19F2N9O2. The van der Waals surface area contributed by atoms with Gasteiger partial charge in [-0.15, -0.1) is 5.10 Å². The molecule has 0 unspecified atom stereocenters. The third-order valence-electron chi connectivity index (χ3n) is 6.18. The van der Waals surface area contributed by atoms with E-state index in [4.69, 9.17) is 9.47 Å². The smallest absolute Gasteiger partial charge is 0.267 e. The lowest BCUT2D eigenvalue weighted by Crippen LogP contribution is -2.11. The van der Waals surface area contributed by atoms with E-state index in [2.05, 4.69) is 30.6 Å². The number of methoxy groups -OCH3 is 1. The highest BCUT2D eigenvalue weighted by Gasteiger charge is 2.28. The van der Waals surface area contributed by atoms with Gasteiger partial charge in [0, 0.05) is 11.6 Å². The number of fused-ring (bicyclic) bond motifs is 2. The first-order valence-corrected chi connectivity index (χ1v) is 11.5. The predicted octanol–water partition coefficient (Wildman–Crippen LogP) is 4.30. The molecule has 0 bridgehead atoms. The summed E-state index contributed by atoms with van der Waals surface area (Å²) in [6, 6.07) is 12.0. The zero-order valence-electron chi connectivity index (χ0n) is 20.2. The fourth-order valence-electron chi connectivity index (χ4n) is 4.31. The quantitative estimate of drug-likeness (QED) is 0.352. The highest BCUT2D eigenvalue weighted by atomic mass is 19.3. The summed E-state index contributed by atoms with van der Waals surface area (Å²) in [6.07, 6.45) is -1.26. The number of benzene rings is 1. The van der Waals surface area contributed by atoms with Crippen molar-refractivity contribution in [1.29, 1.82) is 5.26 Å². The van der Waals surface area contributed by atoms with Crippen LogP contribution in [0.2, 0.25) is 0 Å². The van der Waals surface area contributed by atoms with Crippen LogP contribution in [0.1, 0.15) is 34.6 Å². The second kappa shape index (κ2) is 9.16. The van der Waals surface area contributed by atoms with Gasteiger partial charge in [0.05, 0.1) is 54.0 Å². The molecule has 0 saturated carbocycles. The van der Waals surface area contributed by atoms with E-state index in [1.807, 2.05) is 19.1 Å². The third-order valence-corrected chi connectivity index (χ3v) is 6.18. The molecule has 1 aromatic carbocycles. The van der Waals surface area contributed by atoms with Gasteiger partial charge in [0.1, 0.15) is 24.0 Å². The summed E-state index contributed by atoms with van der Waals surface area (Å²) in [4.78, 5) is 9.02. The Hall–Kier alpha value is -4.96. The molecule has 0 spiro atoms. The monoisotopic (exact) mass is 515 g/mol. The lowest BCUT2D eigenvalue weighted by molar-refractivity contribution is 0.130. The van der Waals surface area contributed by atoms with Crippen molar-refractivity contribution >= 4 is 22.5 Å². The minimum atomic E-state index is -2.81. The molecule has 0 amide bonds. The van der Waals surface area contributed by atoms with E-state index in [0.29, 0.717) is 45.4 Å². The third kappa shape index (κ3) is 3.87. The molecule has 0 aliphatic carbocycles. The summed E-state index contributed by atoms with van der Waals surface area (Å²) < 4.78 is 42.0. The van der Waals surface area contributed by atoms with Gasteiger partial charge in [0.2, 0.25) is 0 Å². The summed E-state index contributed by atoms with van der Waals surface area (Å²) >= 11 is 0. The van der Waals surface area contributed by atoms with Crippen LogP contribution in [0.4, 0.5) is 20.3 Å². The van der Waals surface area contributed by atoms with Crippen molar-refractivity contribution in [2.24, 2.45) is 0 Å². The van der Waals surface area contributed by atoms with Crippen molar-refractivity contribution in [3.05, 3.63) is 70.9 Å². The summed E-state index contributed by atoms with van der Waals surface area (Å²) in [5.74, 6) is 1.30. The highest BCUT2D eigenvalue weighted by molar-refractivity contribution is 5.85. The van der Waals surface area contributed by atoms with Crippen LogP contribution in [0.3, 0.4) is 0 Å². The SMILES string of the molecule is COc1cc2c(cc1Nc1ccc(C)nn1)ncn2-c1ccc(C(F)F)c(-n2nc(C#N)c3c2COC3)n1. The molecule has 11 nitrogen and oxygen atoms in total.